The van der Waals surface area contributed by atoms with E-state index in [-0.39, 0.29) is 24.4 Å². The van der Waals surface area contributed by atoms with Gasteiger partial charge in [0.05, 0.1) is 0 Å². The van der Waals surface area contributed by atoms with E-state index in [0.717, 1.165) is 18.5 Å². The van der Waals surface area contributed by atoms with Crippen LogP contribution in [-0.2, 0) is 4.79 Å². The lowest BCUT2D eigenvalue weighted by Crippen LogP contribution is -2.44. The van der Waals surface area contributed by atoms with Gasteiger partial charge in [0.1, 0.15) is 11.2 Å². The van der Waals surface area contributed by atoms with Crippen molar-refractivity contribution in [3.05, 3.63) is 47.0 Å². The van der Waals surface area contributed by atoms with E-state index >= 15 is 0 Å². The predicted molar refractivity (Wildman–Crippen MR) is 109 cm³/mol. The highest BCUT2D eigenvalue weighted by molar-refractivity contribution is 7.71. The molecule has 1 spiro atoms. The normalized spacial score (nSPS) is 17.7. The van der Waals surface area contributed by atoms with Gasteiger partial charge in [0.2, 0.25) is 0 Å². The van der Waals surface area contributed by atoms with Crippen LogP contribution in [0, 0.1) is 4.77 Å². The third-order valence-corrected chi connectivity index (χ3v) is 5.87. The molecule has 3 N–H and O–H groups in total. The van der Waals surface area contributed by atoms with Crippen LogP contribution in [0.5, 0.6) is 0 Å². The largest absolute Gasteiger partial charge is 0.351 e. The molecule has 2 aromatic rings. The second-order valence-electron chi connectivity index (χ2n) is 7.44. The summed E-state index contributed by atoms with van der Waals surface area (Å²) in [6.07, 6.45) is 5.39. The highest BCUT2D eigenvalue weighted by Crippen LogP contribution is 2.34. The number of imide groups is 1. The van der Waals surface area contributed by atoms with Gasteiger partial charge in [-0.15, -0.1) is 0 Å². The first-order valence-electron chi connectivity index (χ1n) is 9.80. The summed E-state index contributed by atoms with van der Waals surface area (Å²) >= 11 is 5.30. The Kier molecular flexibility index (Phi) is 5.23. The summed E-state index contributed by atoms with van der Waals surface area (Å²) in [5.41, 5.74) is 0.512. The first-order valence-corrected chi connectivity index (χ1v) is 10.2. The molecular weight excluding hydrogens is 390 g/mol. The molecule has 2 fully saturated rings. The van der Waals surface area contributed by atoms with E-state index in [4.69, 9.17) is 12.2 Å². The third-order valence-electron chi connectivity index (χ3n) is 5.57. The quantitative estimate of drug-likeness (QED) is 0.385. The van der Waals surface area contributed by atoms with Gasteiger partial charge in [-0.05, 0) is 43.6 Å². The number of hydrogen-bond donors (Lipinski definition) is 3. The maximum absolute atomic E-state index is 12.6. The van der Waals surface area contributed by atoms with Crippen LogP contribution in [-0.4, -0.2) is 50.9 Å². The number of nitrogens with zero attached hydrogens (tertiary/aromatic N) is 2. The van der Waals surface area contributed by atoms with Gasteiger partial charge in [0.25, 0.3) is 11.8 Å². The molecule has 4 amide bonds. The van der Waals surface area contributed by atoms with E-state index in [1.165, 1.54) is 4.90 Å². The van der Waals surface area contributed by atoms with Crippen LogP contribution in [0.25, 0.3) is 5.69 Å². The van der Waals surface area contributed by atoms with Crippen LogP contribution < -0.4 is 10.6 Å². The minimum Gasteiger partial charge on any atom is -0.351 e. The molecule has 29 heavy (non-hydrogen) atoms. The van der Waals surface area contributed by atoms with Crippen molar-refractivity contribution in [3.63, 3.8) is 0 Å². The summed E-state index contributed by atoms with van der Waals surface area (Å²) < 4.78 is 2.11. The Labute approximate surface area is 173 Å². The number of amides is 4. The molecule has 1 aliphatic carbocycles. The zero-order valence-corrected chi connectivity index (χ0v) is 16.8. The molecule has 4 rings (SSSR count). The maximum Gasteiger partial charge on any atom is 0.325 e. The first kappa shape index (κ1) is 19.4. The van der Waals surface area contributed by atoms with Crippen LogP contribution in [0.3, 0.4) is 0 Å². The molecule has 0 radical (unpaired) electrons. The number of aromatic nitrogens is 2. The van der Waals surface area contributed by atoms with E-state index < -0.39 is 5.54 Å². The average molecular weight is 414 g/mol. The lowest BCUT2D eigenvalue weighted by molar-refractivity contribution is -0.131. The van der Waals surface area contributed by atoms with Gasteiger partial charge in [-0.2, -0.15) is 0 Å². The van der Waals surface area contributed by atoms with Gasteiger partial charge >= 0.3 is 6.03 Å². The Morgan fingerprint density at radius 2 is 1.90 bits per heavy atom. The van der Waals surface area contributed by atoms with E-state index in [9.17, 15) is 14.4 Å². The molecular formula is C20H23N5O3S. The zero-order chi connectivity index (χ0) is 20.4. The van der Waals surface area contributed by atoms with Gasteiger partial charge in [0.15, 0.2) is 4.77 Å². The lowest BCUT2D eigenvalue weighted by atomic mass is 9.98. The molecule has 152 valence electrons. The van der Waals surface area contributed by atoms with Crippen molar-refractivity contribution >= 4 is 30.1 Å². The minimum atomic E-state index is -0.688. The molecule has 9 heteroatoms. The van der Waals surface area contributed by atoms with Crippen molar-refractivity contribution in [2.45, 2.75) is 37.6 Å². The van der Waals surface area contributed by atoms with Gasteiger partial charge in [-0.3, -0.25) is 19.1 Å². The summed E-state index contributed by atoms with van der Waals surface area (Å²) in [6, 6.07) is 9.06. The number of para-hydroxylation sites is 1. The second kappa shape index (κ2) is 7.82. The van der Waals surface area contributed by atoms with E-state index in [1.807, 2.05) is 30.3 Å². The number of H-pyrrole nitrogens is 1. The topological polar surface area (TPSA) is 99.2 Å². The highest BCUT2D eigenvalue weighted by Gasteiger charge is 2.51. The number of carbonyl (C=O) groups excluding carboxylic acids is 3. The molecule has 1 saturated carbocycles. The Morgan fingerprint density at radius 3 is 2.62 bits per heavy atom. The van der Waals surface area contributed by atoms with Crippen molar-refractivity contribution in [2.75, 3.05) is 13.1 Å². The van der Waals surface area contributed by atoms with E-state index in [1.54, 1.807) is 10.8 Å². The molecule has 2 heterocycles. The fourth-order valence-electron chi connectivity index (χ4n) is 4.10. The van der Waals surface area contributed by atoms with Crippen molar-refractivity contribution in [1.29, 1.82) is 0 Å². The minimum absolute atomic E-state index is 0.130. The maximum atomic E-state index is 12.6. The molecule has 8 nitrogen and oxygen atoms in total. The summed E-state index contributed by atoms with van der Waals surface area (Å²) in [5, 5.41) is 5.71. The Bertz CT molecular complexity index is 991. The van der Waals surface area contributed by atoms with Gasteiger partial charge in [-0.25, -0.2) is 4.79 Å². The molecule has 0 atom stereocenters. The Balaban J connectivity index is 1.34. The third kappa shape index (κ3) is 3.57. The van der Waals surface area contributed by atoms with E-state index in [0.29, 0.717) is 36.3 Å². The van der Waals surface area contributed by atoms with Gasteiger partial charge in [0, 0.05) is 25.0 Å². The summed E-state index contributed by atoms with van der Waals surface area (Å²) in [5.74, 6) is -0.403. The number of nitrogens with one attached hydrogen (secondary N) is 3. The van der Waals surface area contributed by atoms with Crippen molar-refractivity contribution in [1.82, 2.24) is 25.1 Å². The summed E-state index contributed by atoms with van der Waals surface area (Å²) in [4.78, 5) is 41.6. The molecule has 2 aliphatic rings. The SMILES string of the molecule is O=C(NCCCN1C(=O)NC2(CCCC2)C1=O)c1c[nH]c(=S)n1-c1ccccc1. The number of aromatic amines is 1. The number of imidazole rings is 1. The van der Waals surface area contributed by atoms with Crippen LogP contribution in [0.2, 0.25) is 0 Å². The van der Waals surface area contributed by atoms with E-state index in [2.05, 4.69) is 15.6 Å². The van der Waals surface area contributed by atoms with Crippen molar-refractivity contribution in [3.8, 4) is 5.69 Å². The zero-order valence-electron chi connectivity index (χ0n) is 15.9. The van der Waals surface area contributed by atoms with Crippen LogP contribution in [0.15, 0.2) is 36.5 Å². The Morgan fingerprint density at radius 1 is 1.17 bits per heavy atom. The predicted octanol–water partition coefficient (Wildman–Crippen LogP) is 2.52. The number of hydrogen-bond acceptors (Lipinski definition) is 4. The molecule has 1 aromatic carbocycles. The van der Waals surface area contributed by atoms with Crippen LogP contribution >= 0.6 is 12.2 Å². The molecule has 1 saturated heterocycles. The van der Waals surface area contributed by atoms with Crippen LogP contribution in [0.4, 0.5) is 4.79 Å². The van der Waals surface area contributed by atoms with Crippen LogP contribution in [0.1, 0.15) is 42.6 Å². The molecule has 1 aliphatic heterocycles. The monoisotopic (exact) mass is 413 g/mol. The molecule has 0 bridgehead atoms. The lowest BCUT2D eigenvalue weighted by Gasteiger charge is -2.20. The summed E-state index contributed by atoms with van der Waals surface area (Å²) in [6.45, 7) is 0.625. The smallest absolute Gasteiger partial charge is 0.325 e. The number of carbonyl (C=O) groups is 3. The number of rotatable bonds is 6. The summed E-state index contributed by atoms with van der Waals surface area (Å²) in [7, 11) is 0. The van der Waals surface area contributed by atoms with Crippen molar-refractivity contribution in [2.24, 2.45) is 0 Å². The van der Waals surface area contributed by atoms with Crippen molar-refractivity contribution < 1.29 is 14.4 Å². The second-order valence-corrected chi connectivity index (χ2v) is 7.82. The standard InChI is InChI=1S/C20H23N5O3S/c26-16(15-13-22-19(29)25(15)14-7-2-1-3-8-14)21-11-6-12-24-17(27)20(23-18(24)28)9-4-5-10-20/h1-3,7-8,13H,4-6,9-12H2,(H,21,26)(H,22,29)(H,23,28). The first-order chi connectivity index (χ1) is 14.0. The van der Waals surface area contributed by atoms with Gasteiger partial charge < -0.3 is 15.6 Å². The number of urea groups is 1. The average Bonchev–Trinajstić information content (AvgIpc) is 3.40. The van der Waals surface area contributed by atoms with Gasteiger partial charge in [-0.1, -0.05) is 31.0 Å². The Hall–Kier alpha value is -2.94. The fourth-order valence-corrected chi connectivity index (χ4v) is 4.36. The molecule has 1 aromatic heterocycles. The molecule has 0 unspecified atom stereocenters. The highest BCUT2D eigenvalue weighted by atomic mass is 32.1. The number of benzene rings is 1. The fraction of sp³-hybridized carbons (Fsp3) is 0.400.